The van der Waals surface area contributed by atoms with E-state index in [1.807, 2.05) is 0 Å². The summed E-state index contributed by atoms with van der Waals surface area (Å²) in [5, 5.41) is 24.6. The average Bonchev–Trinajstić information content (AvgIpc) is 3.07. The molecule has 280 valence electrons. The third-order valence-electron chi connectivity index (χ3n) is 7.81. The SMILES string of the molecule is O=C(Nc1ccc(S(=O)(=O)Nc2ccc(S(=O)(=O)O)c3cc(O)ccc23)cc1)Nc1ccc(S(=O)(=O)Nc2ccc(S(=O)(=O)O)c3cc(O)ccc23)cc1. The van der Waals surface area contributed by atoms with Crippen molar-refractivity contribution in [2.45, 2.75) is 19.6 Å². The molecule has 0 atom stereocenters. The first-order valence-electron chi connectivity index (χ1n) is 15.0. The normalized spacial score (nSPS) is 12.3. The first kappa shape index (κ1) is 37.8. The Morgan fingerprint density at radius 2 is 0.796 bits per heavy atom. The number of carbonyl (C=O) groups is 1. The molecule has 0 radical (unpaired) electrons. The Balaban J connectivity index is 1.12. The molecule has 0 fully saturated rings. The smallest absolute Gasteiger partial charge is 0.323 e. The zero-order valence-corrected chi connectivity index (χ0v) is 30.3. The monoisotopic (exact) mass is 814 g/mol. The second-order valence-electron chi connectivity index (χ2n) is 11.5. The molecule has 0 unspecified atom stereocenters. The van der Waals surface area contributed by atoms with Crippen LogP contribution in [0, 0.1) is 0 Å². The van der Waals surface area contributed by atoms with Gasteiger partial charge in [-0.2, -0.15) is 16.8 Å². The molecule has 8 N–H and O–H groups in total. The van der Waals surface area contributed by atoms with Gasteiger partial charge in [-0.05, 0) is 109 Å². The maximum absolute atomic E-state index is 13.2. The third kappa shape index (κ3) is 8.00. The Kier molecular flexibility index (Phi) is 9.64. The predicted molar refractivity (Wildman–Crippen MR) is 198 cm³/mol. The number of carbonyl (C=O) groups excluding carboxylic acids is 1. The molecule has 0 saturated heterocycles. The van der Waals surface area contributed by atoms with E-state index < -0.39 is 56.1 Å². The van der Waals surface area contributed by atoms with Crippen molar-refractivity contribution >= 4 is 90.6 Å². The Labute approximate surface area is 307 Å². The third-order valence-corrected chi connectivity index (χ3v) is 12.4. The van der Waals surface area contributed by atoms with Crippen LogP contribution in [-0.2, 0) is 40.3 Å². The fourth-order valence-corrected chi connectivity index (χ4v) is 8.92. The van der Waals surface area contributed by atoms with Crippen molar-refractivity contribution < 1.29 is 57.8 Å². The van der Waals surface area contributed by atoms with E-state index in [1.54, 1.807) is 0 Å². The molecule has 0 aliphatic carbocycles. The average molecular weight is 815 g/mol. The van der Waals surface area contributed by atoms with E-state index >= 15 is 0 Å². The molecule has 0 bridgehead atoms. The highest BCUT2D eigenvalue weighted by Crippen LogP contribution is 2.35. The van der Waals surface area contributed by atoms with Crippen molar-refractivity contribution in [3.8, 4) is 11.5 Å². The number of hydrogen-bond acceptors (Lipinski definition) is 11. The van der Waals surface area contributed by atoms with Crippen LogP contribution in [0.15, 0.2) is 129 Å². The second-order valence-corrected chi connectivity index (χ2v) is 17.6. The molecular weight excluding hydrogens is 789 g/mol. The van der Waals surface area contributed by atoms with E-state index in [1.165, 1.54) is 72.8 Å². The van der Waals surface area contributed by atoms with E-state index in [0.29, 0.717) is 0 Å². The summed E-state index contributed by atoms with van der Waals surface area (Å²) in [5.74, 6) is -0.637. The van der Waals surface area contributed by atoms with Crippen LogP contribution in [0.2, 0.25) is 0 Å². The predicted octanol–water partition coefficient (Wildman–Crippen LogP) is 5.14. The Bertz CT molecular complexity index is 2740. The highest BCUT2D eigenvalue weighted by atomic mass is 32.2. The molecule has 6 rings (SSSR count). The molecule has 6 aromatic carbocycles. The molecule has 0 spiro atoms. The van der Waals surface area contributed by atoms with Gasteiger partial charge in [0, 0.05) is 32.9 Å². The standard InChI is InChI=1S/C33H26N4O13S4/c38-21-5-11-25-27(17-21)31(53(45,46)47)15-13-29(25)36-51(41,42)23-7-1-19(2-8-23)34-33(40)35-20-3-9-24(10-4-20)52(43,44)37-30-14-16-32(54(48,49)50)28-18-22(39)6-12-26(28)30/h1-18,36-39H,(H2,34,35,40)(H,45,46,47)(H,48,49,50). The molecule has 0 heterocycles. The number of aromatic hydroxyl groups is 2. The number of fused-ring (bicyclic) bond motifs is 2. The van der Waals surface area contributed by atoms with Crippen molar-refractivity contribution in [1.82, 2.24) is 0 Å². The number of benzene rings is 6. The van der Waals surface area contributed by atoms with Crippen LogP contribution in [0.5, 0.6) is 11.5 Å². The van der Waals surface area contributed by atoms with Gasteiger partial charge in [-0.25, -0.2) is 21.6 Å². The van der Waals surface area contributed by atoms with Gasteiger partial charge < -0.3 is 20.8 Å². The molecule has 6 aromatic rings. The van der Waals surface area contributed by atoms with E-state index in [9.17, 15) is 57.8 Å². The van der Waals surface area contributed by atoms with Gasteiger partial charge in [0.15, 0.2) is 0 Å². The van der Waals surface area contributed by atoms with Gasteiger partial charge in [-0.3, -0.25) is 18.5 Å². The maximum Gasteiger partial charge on any atom is 0.323 e. The summed E-state index contributed by atoms with van der Waals surface area (Å²) in [4.78, 5) is 11.1. The number of rotatable bonds is 10. The zero-order chi connectivity index (χ0) is 39.2. The lowest BCUT2D eigenvalue weighted by Gasteiger charge is -2.14. The Morgan fingerprint density at radius 3 is 1.13 bits per heavy atom. The van der Waals surface area contributed by atoms with E-state index in [0.717, 1.165) is 36.4 Å². The molecule has 2 amide bonds. The van der Waals surface area contributed by atoms with Gasteiger partial charge in [0.1, 0.15) is 21.3 Å². The summed E-state index contributed by atoms with van der Waals surface area (Å²) in [6.45, 7) is 0. The van der Waals surface area contributed by atoms with Crippen LogP contribution in [0.4, 0.5) is 27.5 Å². The Hall–Kier alpha value is -5.97. The van der Waals surface area contributed by atoms with Crippen LogP contribution < -0.4 is 20.1 Å². The fourth-order valence-electron chi connectivity index (χ4n) is 5.38. The van der Waals surface area contributed by atoms with Gasteiger partial charge in [-0.15, -0.1) is 0 Å². The summed E-state index contributed by atoms with van der Waals surface area (Å²) >= 11 is 0. The van der Waals surface area contributed by atoms with Crippen molar-refractivity contribution in [1.29, 1.82) is 0 Å². The highest BCUT2D eigenvalue weighted by Gasteiger charge is 2.22. The van der Waals surface area contributed by atoms with Gasteiger partial charge in [0.05, 0.1) is 21.2 Å². The molecule has 17 nitrogen and oxygen atoms in total. The quantitative estimate of drug-likeness (QED) is 0.0833. The molecule has 0 aliphatic heterocycles. The molecular formula is C33H26N4O13S4. The minimum atomic E-state index is -4.71. The van der Waals surface area contributed by atoms with Crippen molar-refractivity contribution in [2.24, 2.45) is 0 Å². The van der Waals surface area contributed by atoms with E-state index in [4.69, 9.17) is 0 Å². The lowest BCUT2D eigenvalue weighted by molar-refractivity contribution is 0.262. The van der Waals surface area contributed by atoms with Crippen LogP contribution in [0.25, 0.3) is 21.5 Å². The number of nitrogens with one attached hydrogen (secondary N) is 4. The van der Waals surface area contributed by atoms with Crippen LogP contribution in [-0.4, -0.2) is 59.0 Å². The van der Waals surface area contributed by atoms with Crippen LogP contribution >= 0.6 is 0 Å². The van der Waals surface area contributed by atoms with Gasteiger partial charge in [0.2, 0.25) is 0 Å². The summed E-state index contributed by atoms with van der Waals surface area (Å²) in [6, 6.07) is 20.5. The van der Waals surface area contributed by atoms with Crippen molar-refractivity contribution in [2.75, 3.05) is 20.1 Å². The molecule has 21 heteroatoms. The Morgan fingerprint density at radius 1 is 0.444 bits per heavy atom. The van der Waals surface area contributed by atoms with Crippen molar-refractivity contribution in [3.05, 3.63) is 109 Å². The fraction of sp³-hybridized carbons (Fsp3) is 0. The number of hydrogen-bond donors (Lipinski definition) is 8. The number of phenolic OH excluding ortho intramolecular Hbond substituents is 2. The van der Waals surface area contributed by atoms with Crippen LogP contribution in [0.1, 0.15) is 0 Å². The number of sulfonamides is 2. The van der Waals surface area contributed by atoms with Crippen molar-refractivity contribution in [3.63, 3.8) is 0 Å². The molecule has 0 saturated carbocycles. The van der Waals surface area contributed by atoms with Gasteiger partial charge in [-0.1, -0.05) is 0 Å². The maximum atomic E-state index is 13.2. The van der Waals surface area contributed by atoms with Crippen LogP contribution in [0.3, 0.4) is 0 Å². The number of anilines is 4. The number of urea groups is 1. The first-order chi connectivity index (χ1) is 25.2. The highest BCUT2D eigenvalue weighted by molar-refractivity contribution is 7.93. The largest absolute Gasteiger partial charge is 0.508 e. The second kappa shape index (κ2) is 13.8. The van der Waals surface area contributed by atoms with E-state index in [2.05, 4.69) is 20.1 Å². The zero-order valence-electron chi connectivity index (χ0n) is 27.0. The minimum absolute atomic E-state index is 0.0439. The summed E-state index contributed by atoms with van der Waals surface area (Å²) in [7, 11) is -17.9. The summed E-state index contributed by atoms with van der Waals surface area (Å²) < 4.78 is 124. The van der Waals surface area contributed by atoms with Gasteiger partial charge >= 0.3 is 6.03 Å². The number of phenols is 2. The molecule has 0 aliphatic rings. The summed E-state index contributed by atoms with van der Waals surface area (Å²) in [5.41, 5.74) is 0.262. The number of amides is 2. The van der Waals surface area contributed by atoms with Gasteiger partial charge in [0.25, 0.3) is 40.3 Å². The lowest BCUT2D eigenvalue weighted by Crippen LogP contribution is -2.20. The van der Waals surface area contributed by atoms with E-state index in [-0.39, 0.29) is 65.6 Å². The molecule has 0 aromatic heterocycles. The summed E-state index contributed by atoms with van der Waals surface area (Å²) in [6.07, 6.45) is 0. The topological polar surface area (TPSA) is 283 Å². The minimum Gasteiger partial charge on any atom is -0.508 e. The lowest BCUT2D eigenvalue weighted by atomic mass is 10.1. The first-order valence-corrected chi connectivity index (χ1v) is 20.9. The molecule has 54 heavy (non-hydrogen) atoms.